The Kier molecular flexibility index (Phi) is 3.15. The van der Waals surface area contributed by atoms with Crippen LogP contribution < -0.4 is 4.74 Å². The number of aromatic nitrogens is 2. The van der Waals surface area contributed by atoms with Gasteiger partial charge in [0.05, 0.1) is 12.8 Å². The summed E-state index contributed by atoms with van der Waals surface area (Å²) in [6.45, 7) is 2.10. The van der Waals surface area contributed by atoms with Gasteiger partial charge in [-0.05, 0) is 18.2 Å². The van der Waals surface area contributed by atoms with Crippen molar-refractivity contribution in [2.75, 3.05) is 7.11 Å². The van der Waals surface area contributed by atoms with E-state index in [0.717, 1.165) is 17.0 Å². The van der Waals surface area contributed by atoms with Gasteiger partial charge in [-0.3, -0.25) is 0 Å². The monoisotopic (exact) mass is 214 g/mol. The van der Waals surface area contributed by atoms with Crippen molar-refractivity contribution >= 4 is 0 Å². The zero-order chi connectivity index (χ0) is 11.4. The maximum Gasteiger partial charge on any atom is 0.122 e. The predicted molar refractivity (Wildman–Crippen MR) is 62.5 cm³/mol. The van der Waals surface area contributed by atoms with Crippen molar-refractivity contribution in [1.29, 1.82) is 0 Å². The number of para-hydroxylation sites is 1. The van der Waals surface area contributed by atoms with Crippen molar-refractivity contribution in [2.24, 2.45) is 0 Å². The quantitative estimate of drug-likeness (QED) is 0.787. The van der Waals surface area contributed by atoms with Crippen LogP contribution in [0.25, 0.3) is 0 Å². The first kappa shape index (κ1) is 10.6. The number of rotatable bonds is 3. The van der Waals surface area contributed by atoms with E-state index in [2.05, 4.69) is 23.2 Å². The first-order valence-corrected chi connectivity index (χ1v) is 5.23. The minimum absolute atomic E-state index is 0.185. The molecule has 0 aliphatic heterocycles. The van der Waals surface area contributed by atoms with Crippen molar-refractivity contribution in [2.45, 2.75) is 12.8 Å². The Morgan fingerprint density at radius 1 is 1.12 bits per heavy atom. The maximum absolute atomic E-state index is 5.34. The second-order valence-corrected chi connectivity index (χ2v) is 3.61. The minimum atomic E-state index is 0.185. The van der Waals surface area contributed by atoms with Gasteiger partial charge in [0.25, 0.3) is 0 Å². The third-order valence-corrected chi connectivity index (χ3v) is 2.64. The van der Waals surface area contributed by atoms with Gasteiger partial charge in [-0.25, -0.2) is 0 Å². The highest BCUT2D eigenvalue weighted by atomic mass is 16.5. The zero-order valence-corrected chi connectivity index (χ0v) is 9.42. The summed E-state index contributed by atoms with van der Waals surface area (Å²) < 4.78 is 5.34. The number of ether oxygens (including phenoxy) is 1. The molecule has 2 aromatic rings. The van der Waals surface area contributed by atoms with Crippen LogP contribution in [-0.2, 0) is 0 Å². The van der Waals surface area contributed by atoms with Crippen LogP contribution in [0.1, 0.15) is 24.1 Å². The molecular formula is C13H14N2O. The SMILES string of the molecule is COc1ccccc1C(C)c1cccnn1. The van der Waals surface area contributed by atoms with E-state index in [1.54, 1.807) is 13.3 Å². The summed E-state index contributed by atoms with van der Waals surface area (Å²) in [5.41, 5.74) is 2.08. The summed E-state index contributed by atoms with van der Waals surface area (Å²) in [5, 5.41) is 8.02. The standard InChI is InChI=1S/C13H14N2O/c1-10(12-7-5-9-14-15-12)11-6-3-4-8-13(11)16-2/h3-10H,1-2H3. The summed E-state index contributed by atoms with van der Waals surface area (Å²) in [6.07, 6.45) is 1.68. The number of methoxy groups -OCH3 is 1. The van der Waals surface area contributed by atoms with Crippen molar-refractivity contribution in [3.8, 4) is 5.75 Å². The van der Waals surface area contributed by atoms with Gasteiger partial charge < -0.3 is 4.74 Å². The molecule has 0 radical (unpaired) electrons. The number of benzene rings is 1. The Balaban J connectivity index is 2.37. The van der Waals surface area contributed by atoms with Crippen LogP contribution in [0.5, 0.6) is 5.75 Å². The molecule has 0 amide bonds. The highest BCUT2D eigenvalue weighted by Crippen LogP contribution is 2.29. The van der Waals surface area contributed by atoms with Crippen molar-refractivity contribution in [1.82, 2.24) is 10.2 Å². The predicted octanol–water partition coefficient (Wildman–Crippen LogP) is 2.64. The molecule has 3 heteroatoms. The molecule has 1 aromatic carbocycles. The van der Waals surface area contributed by atoms with Crippen molar-refractivity contribution < 1.29 is 4.74 Å². The lowest BCUT2D eigenvalue weighted by molar-refractivity contribution is 0.408. The Labute approximate surface area is 95.1 Å². The molecular weight excluding hydrogens is 200 g/mol. The molecule has 0 saturated carbocycles. The third-order valence-electron chi connectivity index (χ3n) is 2.64. The molecule has 16 heavy (non-hydrogen) atoms. The molecule has 3 nitrogen and oxygen atoms in total. The second kappa shape index (κ2) is 4.75. The average Bonchev–Trinajstić information content (AvgIpc) is 2.39. The van der Waals surface area contributed by atoms with Gasteiger partial charge in [0.15, 0.2) is 0 Å². The first-order chi connectivity index (χ1) is 7.83. The molecule has 1 aromatic heterocycles. The Morgan fingerprint density at radius 2 is 1.94 bits per heavy atom. The molecule has 0 aliphatic carbocycles. The molecule has 1 unspecified atom stereocenters. The van der Waals surface area contributed by atoms with E-state index in [1.807, 2.05) is 30.3 Å². The summed E-state index contributed by atoms with van der Waals surface area (Å²) in [7, 11) is 1.68. The number of hydrogen-bond donors (Lipinski definition) is 0. The van der Waals surface area contributed by atoms with Gasteiger partial charge in [0.2, 0.25) is 0 Å². The van der Waals surface area contributed by atoms with E-state index in [-0.39, 0.29) is 5.92 Å². The maximum atomic E-state index is 5.34. The first-order valence-electron chi connectivity index (χ1n) is 5.23. The summed E-state index contributed by atoms with van der Waals surface area (Å²) >= 11 is 0. The highest BCUT2D eigenvalue weighted by molar-refractivity contribution is 5.39. The fraction of sp³-hybridized carbons (Fsp3) is 0.231. The largest absolute Gasteiger partial charge is 0.496 e. The molecule has 0 fully saturated rings. The molecule has 2 rings (SSSR count). The molecule has 0 saturated heterocycles. The van der Waals surface area contributed by atoms with Gasteiger partial charge in [0.1, 0.15) is 5.75 Å². The summed E-state index contributed by atoms with van der Waals surface area (Å²) in [4.78, 5) is 0. The average molecular weight is 214 g/mol. The van der Waals surface area contributed by atoms with E-state index in [9.17, 15) is 0 Å². The van der Waals surface area contributed by atoms with Gasteiger partial charge in [-0.2, -0.15) is 10.2 Å². The highest BCUT2D eigenvalue weighted by Gasteiger charge is 2.13. The van der Waals surface area contributed by atoms with Gasteiger partial charge in [-0.15, -0.1) is 0 Å². The normalized spacial score (nSPS) is 12.1. The molecule has 0 bridgehead atoms. The van der Waals surface area contributed by atoms with Crippen LogP contribution in [0.2, 0.25) is 0 Å². The van der Waals surface area contributed by atoms with Crippen molar-refractivity contribution in [3.63, 3.8) is 0 Å². The lowest BCUT2D eigenvalue weighted by atomic mass is 9.97. The van der Waals surface area contributed by atoms with Crippen LogP contribution in [0.15, 0.2) is 42.6 Å². The van der Waals surface area contributed by atoms with Crippen LogP contribution in [0, 0.1) is 0 Å². The van der Waals surface area contributed by atoms with Crippen LogP contribution in [0.4, 0.5) is 0 Å². The number of hydrogen-bond acceptors (Lipinski definition) is 3. The lowest BCUT2D eigenvalue weighted by Gasteiger charge is -2.14. The van der Waals surface area contributed by atoms with E-state index in [0.29, 0.717) is 0 Å². The molecule has 1 heterocycles. The molecule has 0 spiro atoms. The molecule has 0 N–H and O–H groups in total. The van der Waals surface area contributed by atoms with Gasteiger partial charge >= 0.3 is 0 Å². The van der Waals surface area contributed by atoms with E-state index in [1.165, 1.54) is 0 Å². The zero-order valence-electron chi connectivity index (χ0n) is 9.42. The number of nitrogens with zero attached hydrogens (tertiary/aromatic N) is 2. The van der Waals surface area contributed by atoms with E-state index < -0.39 is 0 Å². The van der Waals surface area contributed by atoms with Gasteiger partial charge in [-0.1, -0.05) is 25.1 Å². The fourth-order valence-electron chi connectivity index (χ4n) is 1.73. The van der Waals surface area contributed by atoms with Crippen LogP contribution in [0.3, 0.4) is 0 Å². The van der Waals surface area contributed by atoms with Crippen LogP contribution >= 0.6 is 0 Å². The Bertz CT molecular complexity index is 456. The van der Waals surface area contributed by atoms with E-state index in [4.69, 9.17) is 4.74 Å². The summed E-state index contributed by atoms with van der Waals surface area (Å²) in [5.74, 6) is 1.07. The minimum Gasteiger partial charge on any atom is -0.496 e. The third kappa shape index (κ3) is 2.03. The Morgan fingerprint density at radius 3 is 2.62 bits per heavy atom. The smallest absolute Gasteiger partial charge is 0.122 e. The molecule has 0 aliphatic rings. The summed E-state index contributed by atoms with van der Waals surface area (Å²) in [6, 6.07) is 11.9. The van der Waals surface area contributed by atoms with Crippen LogP contribution in [-0.4, -0.2) is 17.3 Å². The molecule has 82 valence electrons. The second-order valence-electron chi connectivity index (χ2n) is 3.61. The van der Waals surface area contributed by atoms with E-state index >= 15 is 0 Å². The van der Waals surface area contributed by atoms with Gasteiger partial charge in [0, 0.05) is 17.7 Å². The van der Waals surface area contributed by atoms with Crippen molar-refractivity contribution in [3.05, 3.63) is 53.9 Å². The lowest BCUT2D eigenvalue weighted by Crippen LogP contribution is -2.02. The molecule has 1 atom stereocenters. The fourth-order valence-corrected chi connectivity index (χ4v) is 1.73. The topological polar surface area (TPSA) is 35.0 Å². The Hall–Kier alpha value is -1.90.